The lowest BCUT2D eigenvalue weighted by Crippen LogP contribution is -2.32. The first-order valence-corrected chi connectivity index (χ1v) is 13.8. The number of amides is 1. The Kier molecular flexibility index (Phi) is 6.74. The molecule has 1 aromatic carbocycles. The van der Waals surface area contributed by atoms with Crippen LogP contribution in [-0.2, 0) is 23.4 Å². The van der Waals surface area contributed by atoms with Crippen molar-refractivity contribution in [1.82, 2.24) is 25.3 Å². The monoisotopic (exact) mass is 495 g/mol. The van der Waals surface area contributed by atoms with E-state index in [4.69, 9.17) is 4.98 Å². The van der Waals surface area contributed by atoms with Gasteiger partial charge in [0.05, 0.1) is 28.2 Å². The van der Waals surface area contributed by atoms with Crippen LogP contribution in [0.5, 0.6) is 0 Å². The van der Waals surface area contributed by atoms with Crippen molar-refractivity contribution in [3.8, 4) is 0 Å². The Hall–Kier alpha value is -2.65. The molecule has 3 N–H and O–H groups in total. The summed E-state index contributed by atoms with van der Waals surface area (Å²) in [6.45, 7) is 4.15. The summed E-state index contributed by atoms with van der Waals surface area (Å²) in [6.07, 6.45) is 4.77. The van der Waals surface area contributed by atoms with Gasteiger partial charge in [-0.25, -0.2) is 9.97 Å². The van der Waals surface area contributed by atoms with E-state index in [1.54, 1.807) is 23.1 Å². The van der Waals surface area contributed by atoms with E-state index in [0.717, 1.165) is 46.3 Å². The number of benzene rings is 1. The molecule has 0 aliphatic heterocycles. The summed E-state index contributed by atoms with van der Waals surface area (Å²) in [5.74, 6) is 2.90. The molecule has 1 atom stereocenters. The van der Waals surface area contributed by atoms with Crippen LogP contribution >= 0.6 is 23.1 Å². The lowest BCUT2D eigenvalue weighted by molar-refractivity contribution is -0.121. The van der Waals surface area contributed by atoms with Gasteiger partial charge in [-0.3, -0.25) is 9.59 Å². The second-order valence-corrected chi connectivity index (χ2v) is 11.3. The zero-order valence-corrected chi connectivity index (χ0v) is 21.1. The minimum atomic E-state index is -0.171. The van der Waals surface area contributed by atoms with Gasteiger partial charge in [0.1, 0.15) is 16.5 Å². The average molecular weight is 496 g/mol. The molecule has 178 valence electrons. The molecule has 0 radical (unpaired) electrons. The molecule has 9 heteroatoms. The lowest BCUT2D eigenvalue weighted by atomic mass is 9.97. The Labute approximate surface area is 206 Å². The maximum atomic E-state index is 12.7. The summed E-state index contributed by atoms with van der Waals surface area (Å²) in [5.41, 5.74) is 3.06. The molecule has 1 unspecified atom stereocenters. The Morgan fingerprint density at radius 3 is 2.82 bits per heavy atom. The highest BCUT2D eigenvalue weighted by atomic mass is 32.2. The number of imidazole rings is 1. The predicted molar refractivity (Wildman–Crippen MR) is 139 cm³/mol. The highest BCUT2D eigenvalue weighted by molar-refractivity contribution is 7.98. The fraction of sp³-hybridized carbons (Fsp3) is 0.440. The second kappa shape index (κ2) is 9.92. The molecule has 5 rings (SSSR count). The number of para-hydroxylation sites is 2. The number of hydrogen-bond donors (Lipinski definition) is 3. The molecule has 7 nitrogen and oxygen atoms in total. The van der Waals surface area contributed by atoms with Crippen molar-refractivity contribution in [3.05, 3.63) is 56.7 Å². The van der Waals surface area contributed by atoms with Gasteiger partial charge in [-0.05, 0) is 49.3 Å². The van der Waals surface area contributed by atoms with Crippen molar-refractivity contribution < 1.29 is 4.79 Å². The minimum Gasteiger partial charge on any atom is -0.346 e. The molecule has 0 spiro atoms. The van der Waals surface area contributed by atoms with Gasteiger partial charge in [0.15, 0.2) is 0 Å². The third kappa shape index (κ3) is 4.77. The van der Waals surface area contributed by atoms with Gasteiger partial charge in [-0.2, -0.15) is 11.8 Å². The van der Waals surface area contributed by atoms with E-state index in [0.29, 0.717) is 23.8 Å². The van der Waals surface area contributed by atoms with Gasteiger partial charge >= 0.3 is 0 Å². The number of nitrogens with zero attached hydrogens (tertiary/aromatic N) is 2. The molecule has 4 aromatic rings. The number of aryl methyl sites for hydroxylation is 2. The van der Waals surface area contributed by atoms with Gasteiger partial charge in [0.2, 0.25) is 5.91 Å². The minimum absolute atomic E-state index is 0.00510. The van der Waals surface area contributed by atoms with Crippen molar-refractivity contribution >= 4 is 50.3 Å². The number of thioether (sulfide) groups is 1. The number of rotatable bonds is 8. The van der Waals surface area contributed by atoms with Crippen LogP contribution in [0, 0.1) is 5.92 Å². The van der Waals surface area contributed by atoms with Gasteiger partial charge < -0.3 is 15.3 Å². The van der Waals surface area contributed by atoms with Gasteiger partial charge in [0, 0.05) is 17.1 Å². The molecule has 34 heavy (non-hydrogen) atoms. The van der Waals surface area contributed by atoms with Crippen LogP contribution in [-0.4, -0.2) is 31.6 Å². The summed E-state index contributed by atoms with van der Waals surface area (Å²) >= 11 is 3.28. The number of carbonyl (C=O) groups is 1. The van der Waals surface area contributed by atoms with Crippen LogP contribution in [0.15, 0.2) is 29.1 Å². The molecule has 3 aromatic heterocycles. The van der Waals surface area contributed by atoms with Gasteiger partial charge in [-0.1, -0.05) is 26.0 Å². The second-order valence-electron chi connectivity index (χ2n) is 9.13. The standard InChI is InChI=1S/C25H29N5O2S2/c1-14(2)22(23-26-16-8-4-5-9-17(16)27-23)30-20(31)11-12-33-13-19-28-24(32)21-15-7-3-6-10-18(15)34-25(21)29-19/h4-5,8-9,14,22H,3,6-7,10-13H2,1-2H3,(H,26,27)(H,30,31)(H,28,29,32). The molecule has 1 aliphatic rings. The number of aromatic amines is 2. The van der Waals surface area contributed by atoms with Crippen molar-refractivity contribution in [2.45, 2.75) is 57.7 Å². The van der Waals surface area contributed by atoms with Crippen molar-refractivity contribution in [3.63, 3.8) is 0 Å². The van der Waals surface area contributed by atoms with E-state index in [2.05, 4.69) is 34.1 Å². The Balaban J connectivity index is 1.17. The third-order valence-electron chi connectivity index (χ3n) is 6.27. The van der Waals surface area contributed by atoms with E-state index in [1.807, 2.05) is 24.3 Å². The summed E-state index contributed by atoms with van der Waals surface area (Å²) in [7, 11) is 0. The summed E-state index contributed by atoms with van der Waals surface area (Å²) < 4.78 is 0. The fourth-order valence-electron chi connectivity index (χ4n) is 4.53. The molecule has 0 saturated heterocycles. The number of aromatic nitrogens is 4. The Bertz CT molecular complexity index is 1350. The number of H-pyrrole nitrogens is 2. The maximum absolute atomic E-state index is 12.7. The molecular weight excluding hydrogens is 466 g/mol. The molecule has 0 bridgehead atoms. The number of hydrogen-bond acceptors (Lipinski definition) is 6. The van der Waals surface area contributed by atoms with Crippen LogP contribution in [0.1, 0.15) is 61.2 Å². The summed E-state index contributed by atoms with van der Waals surface area (Å²) in [6, 6.07) is 7.71. The van der Waals surface area contributed by atoms with Gasteiger partial charge in [-0.15, -0.1) is 11.3 Å². The first kappa shape index (κ1) is 23.1. The number of thiophene rings is 1. The van der Waals surface area contributed by atoms with Crippen LogP contribution in [0.2, 0.25) is 0 Å². The predicted octanol–water partition coefficient (Wildman–Crippen LogP) is 4.88. The van der Waals surface area contributed by atoms with E-state index < -0.39 is 0 Å². The zero-order chi connectivity index (χ0) is 23.7. The van der Waals surface area contributed by atoms with Crippen LogP contribution in [0.3, 0.4) is 0 Å². The topological polar surface area (TPSA) is 104 Å². The van der Waals surface area contributed by atoms with Crippen LogP contribution < -0.4 is 10.9 Å². The van der Waals surface area contributed by atoms with Crippen molar-refractivity contribution in [2.24, 2.45) is 5.92 Å². The number of nitrogens with one attached hydrogen (secondary N) is 3. The molecule has 0 fully saturated rings. The smallest absolute Gasteiger partial charge is 0.259 e. The van der Waals surface area contributed by atoms with Gasteiger partial charge in [0.25, 0.3) is 5.56 Å². The average Bonchev–Trinajstić information content (AvgIpc) is 3.41. The quantitative estimate of drug-likeness (QED) is 0.302. The van der Waals surface area contributed by atoms with E-state index in [-0.39, 0.29) is 23.4 Å². The van der Waals surface area contributed by atoms with Crippen molar-refractivity contribution in [1.29, 1.82) is 0 Å². The SMILES string of the molecule is CC(C)C(NC(=O)CCSCc1nc2sc3c(c2c(=O)[nH]1)CCCC3)c1nc2ccccc2[nH]1. The van der Waals surface area contributed by atoms with E-state index in [1.165, 1.54) is 16.9 Å². The first-order chi connectivity index (χ1) is 16.5. The molecule has 0 saturated carbocycles. The normalized spacial score (nSPS) is 14.6. The molecule has 3 heterocycles. The van der Waals surface area contributed by atoms with Crippen LogP contribution in [0.25, 0.3) is 21.3 Å². The van der Waals surface area contributed by atoms with E-state index >= 15 is 0 Å². The fourth-order valence-corrected chi connectivity index (χ4v) is 6.61. The third-order valence-corrected chi connectivity index (χ3v) is 8.43. The first-order valence-electron chi connectivity index (χ1n) is 11.8. The Morgan fingerprint density at radius 1 is 1.18 bits per heavy atom. The summed E-state index contributed by atoms with van der Waals surface area (Å²) in [4.78, 5) is 43.2. The maximum Gasteiger partial charge on any atom is 0.259 e. The zero-order valence-electron chi connectivity index (χ0n) is 19.4. The highest BCUT2D eigenvalue weighted by Gasteiger charge is 2.22. The Morgan fingerprint density at radius 2 is 2.00 bits per heavy atom. The van der Waals surface area contributed by atoms with E-state index in [9.17, 15) is 9.59 Å². The number of fused-ring (bicyclic) bond motifs is 4. The largest absolute Gasteiger partial charge is 0.346 e. The molecule has 1 aliphatic carbocycles. The van der Waals surface area contributed by atoms with Crippen molar-refractivity contribution in [2.75, 3.05) is 5.75 Å². The van der Waals surface area contributed by atoms with Crippen LogP contribution in [0.4, 0.5) is 0 Å². The highest BCUT2D eigenvalue weighted by Crippen LogP contribution is 2.33. The number of carbonyl (C=O) groups excluding carboxylic acids is 1. The molecule has 1 amide bonds. The molecular formula is C25H29N5O2S2. The lowest BCUT2D eigenvalue weighted by Gasteiger charge is -2.20. The summed E-state index contributed by atoms with van der Waals surface area (Å²) in [5, 5.41) is 3.93.